The zero-order chi connectivity index (χ0) is 17.3. The molecular formula is C15H18Cl2N6O. The predicted octanol–water partition coefficient (Wildman–Crippen LogP) is 1.96. The molecule has 128 valence electrons. The highest BCUT2D eigenvalue weighted by Gasteiger charge is 2.23. The van der Waals surface area contributed by atoms with E-state index in [1.165, 1.54) is 0 Å². The van der Waals surface area contributed by atoms with Crippen LogP contribution in [0.25, 0.3) is 0 Å². The summed E-state index contributed by atoms with van der Waals surface area (Å²) in [5.74, 6) is 0.801. The Morgan fingerprint density at radius 1 is 1.25 bits per heavy atom. The molecule has 0 fully saturated rings. The Morgan fingerprint density at radius 2 is 1.96 bits per heavy atom. The van der Waals surface area contributed by atoms with E-state index < -0.39 is 0 Å². The van der Waals surface area contributed by atoms with Gasteiger partial charge < -0.3 is 10.7 Å². The van der Waals surface area contributed by atoms with Gasteiger partial charge in [-0.1, -0.05) is 30.1 Å². The fourth-order valence-corrected chi connectivity index (χ4v) is 3.34. The molecule has 0 aromatic carbocycles. The number of H-pyrrole nitrogens is 1. The van der Waals surface area contributed by atoms with Gasteiger partial charge in [0.05, 0.1) is 11.3 Å². The number of nitrogens with one attached hydrogen (secondary N) is 1. The molecule has 1 aliphatic heterocycles. The van der Waals surface area contributed by atoms with Crippen LogP contribution in [0.4, 0.5) is 5.95 Å². The summed E-state index contributed by atoms with van der Waals surface area (Å²) >= 11 is 12.2. The minimum absolute atomic E-state index is 0.0434. The van der Waals surface area contributed by atoms with Crippen molar-refractivity contribution in [3.05, 3.63) is 43.3 Å². The van der Waals surface area contributed by atoms with Crippen molar-refractivity contribution in [3.63, 3.8) is 0 Å². The maximum atomic E-state index is 12.3. The van der Waals surface area contributed by atoms with Gasteiger partial charge in [-0.25, -0.2) is 15.0 Å². The van der Waals surface area contributed by atoms with Crippen molar-refractivity contribution in [1.82, 2.24) is 24.8 Å². The predicted molar refractivity (Wildman–Crippen MR) is 93.1 cm³/mol. The van der Waals surface area contributed by atoms with E-state index >= 15 is 0 Å². The average Bonchev–Trinajstić information content (AvgIpc) is 2.51. The molecule has 0 saturated heterocycles. The van der Waals surface area contributed by atoms with Crippen molar-refractivity contribution in [1.29, 1.82) is 0 Å². The Morgan fingerprint density at radius 3 is 2.62 bits per heavy atom. The summed E-state index contributed by atoms with van der Waals surface area (Å²) in [6, 6.07) is 0. The lowest BCUT2D eigenvalue weighted by Crippen LogP contribution is -2.36. The van der Waals surface area contributed by atoms with Crippen LogP contribution >= 0.6 is 23.2 Å². The normalized spacial score (nSPS) is 14.6. The third-order valence-electron chi connectivity index (χ3n) is 3.99. The fourth-order valence-electron chi connectivity index (χ4n) is 2.82. The lowest BCUT2D eigenvalue weighted by Gasteiger charge is -2.28. The standard InChI is InChI=1S/C15H18Cl2N6O/c1-2-3-11-19-10-4-5-23(6-8(10)14(24)20-11)7-9-12(16)21-15(18)22-13(9)17/h2-7H2,1H3,(H2,18,21,22)(H,19,20,24). The van der Waals surface area contributed by atoms with E-state index in [2.05, 4.69) is 31.8 Å². The number of hydrogen-bond acceptors (Lipinski definition) is 6. The lowest BCUT2D eigenvalue weighted by molar-refractivity contribution is 0.241. The minimum atomic E-state index is -0.0705. The zero-order valence-corrected chi connectivity index (χ0v) is 14.8. The fraction of sp³-hybridized carbons (Fsp3) is 0.467. The highest BCUT2D eigenvalue weighted by atomic mass is 35.5. The van der Waals surface area contributed by atoms with Crippen LogP contribution in [-0.2, 0) is 25.9 Å². The van der Waals surface area contributed by atoms with Gasteiger partial charge in [0, 0.05) is 38.0 Å². The summed E-state index contributed by atoms with van der Waals surface area (Å²) in [5.41, 5.74) is 7.65. The maximum Gasteiger partial charge on any atom is 0.255 e. The molecular weight excluding hydrogens is 351 g/mol. The van der Waals surface area contributed by atoms with E-state index in [1.54, 1.807) is 0 Å². The number of nitrogens with zero attached hydrogens (tertiary/aromatic N) is 4. The summed E-state index contributed by atoms with van der Waals surface area (Å²) in [5, 5.41) is 0.479. The van der Waals surface area contributed by atoms with E-state index in [4.69, 9.17) is 28.9 Å². The molecule has 1 aliphatic rings. The van der Waals surface area contributed by atoms with Crippen LogP contribution in [0.3, 0.4) is 0 Å². The van der Waals surface area contributed by atoms with E-state index in [-0.39, 0.29) is 21.8 Å². The number of halogens is 2. The third kappa shape index (κ3) is 3.53. The van der Waals surface area contributed by atoms with Gasteiger partial charge in [-0.3, -0.25) is 9.69 Å². The quantitative estimate of drug-likeness (QED) is 0.799. The molecule has 24 heavy (non-hydrogen) atoms. The number of aromatic amines is 1. The molecule has 0 amide bonds. The number of fused-ring (bicyclic) bond motifs is 1. The Kier molecular flexibility index (Phi) is 5.03. The number of rotatable bonds is 4. The number of aromatic nitrogens is 4. The smallest absolute Gasteiger partial charge is 0.255 e. The van der Waals surface area contributed by atoms with Gasteiger partial charge in [-0.2, -0.15) is 0 Å². The molecule has 2 aromatic heterocycles. The van der Waals surface area contributed by atoms with Crippen LogP contribution < -0.4 is 11.3 Å². The molecule has 0 aliphatic carbocycles. The van der Waals surface area contributed by atoms with Crippen molar-refractivity contribution >= 4 is 29.2 Å². The second-order valence-corrected chi connectivity index (χ2v) is 6.51. The molecule has 0 bridgehead atoms. The molecule has 2 aromatic rings. The molecule has 0 unspecified atom stereocenters. The lowest BCUT2D eigenvalue weighted by atomic mass is 10.1. The summed E-state index contributed by atoms with van der Waals surface area (Å²) in [6.45, 7) is 3.75. The molecule has 9 heteroatoms. The Hall–Kier alpha value is -1.70. The number of nitrogen functional groups attached to an aromatic ring is 1. The van der Waals surface area contributed by atoms with Gasteiger partial charge >= 0.3 is 0 Å². The number of nitrogens with two attached hydrogens (primary N) is 1. The first-order valence-corrected chi connectivity index (χ1v) is 8.54. The highest BCUT2D eigenvalue weighted by Crippen LogP contribution is 2.25. The topological polar surface area (TPSA) is 101 Å². The van der Waals surface area contributed by atoms with E-state index in [1.807, 2.05) is 0 Å². The number of hydrogen-bond donors (Lipinski definition) is 2. The van der Waals surface area contributed by atoms with Gasteiger partial charge in [0.2, 0.25) is 5.95 Å². The van der Waals surface area contributed by atoms with Crippen molar-refractivity contribution in [2.24, 2.45) is 0 Å². The largest absolute Gasteiger partial charge is 0.368 e. The highest BCUT2D eigenvalue weighted by molar-refractivity contribution is 6.34. The summed E-state index contributed by atoms with van der Waals surface area (Å²) in [6.07, 6.45) is 2.43. The van der Waals surface area contributed by atoms with Gasteiger partial charge in [0.1, 0.15) is 16.1 Å². The average molecular weight is 369 g/mol. The van der Waals surface area contributed by atoms with Gasteiger partial charge in [0.15, 0.2) is 0 Å². The second-order valence-electron chi connectivity index (χ2n) is 5.79. The van der Waals surface area contributed by atoms with E-state index in [0.717, 1.165) is 30.9 Å². The number of aryl methyl sites for hydroxylation is 1. The van der Waals surface area contributed by atoms with Crippen LogP contribution in [0.5, 0.6) is 0 Å². The van der Waals surface area contributed by atoms with Crippen LogP contribution in [0.1, 0.15) is 36.0 Å². The number of anilines is 1. The first-order valence-electron chi connectivity index (χ1n) is 7.78. The van der Waals surface area contributed by atoms with E-state index in [9.17, 15) is 4.79 Å². The van der Waals surface area contributed by atoms with Crippen LogP contribution in [-0.4, -0.2) is 31.4 Å². The molecule has 7 nitrogen and oxygen atoms in total. The van der Waals surface area contributed by atoms with Crippen LogP contribution in [0, 0.1) is 0 Å². The molecule has 3 heterocycles. The van der Waals surface area contributed by atoms with Crippen LogP contribution in [0.15, 0.2) is 4.79 Å². The molecule has 3 N–H and O–H groups in total. The van der Waals surface area contributed by atoms with Crippen molar-refractivity contribution in [2.75, 3.05) is 12.3 Å². The molecule has 0 radical (unpaired) electrons. The maximum absolute atomic E-state index is 12.3. The summed E-state index contributed by atoms with van der Waals surface area (Å²) in [4.78, 5) is 29.7. The summed E-state index contributed by atoms with van der Waals surface area (Å²) < 4.78 is 0. The van der Waals surface area contributed by atoms with Crippen molar-refractivity contribution < 1.29 is 0 Å². The molecule has 0 atom stereocenters. The first kappa shape index (κ1) is 17.1. The van der Waals surface area contributed by atoms with Gasteiger partial charge in [-0.05, 0) is 6.42 Å². The Bertz CT molecular complexity index is 799. The second kappa shape index (κ2) is 7.04. The van der Waals surface area contributed by atoms with Crippen LogP contribution in [0.2, 0.25) is 10.3 Å². The SMILES string of the molecule is CCCc1nc2c(c(=O)[nH]1)CN(Cc1c(Cl)nc(N)nc1Cl)CC2. The first-order chi connectivity index (χ1) is 11.5. The van der Waals surface area contributed by atoms with E-state index in [0.29, 0.717) is 30.6 Å². The van der Waals surface area contributed by atoms with Crippen molar-refractivity contribution in [2.45, 2.75) is 39.3 Å². The van der Waals surface area contributed by atoms with Crippen molar-refractivity contribution in [3.8, 4) is 0 Å². The molecule has 0 saturated carbocycles. The molecule has 3 rings (SSSR count). The molecule has 0 spiro atoms. The summed E-state index contributed by atoms with van der Waals surface area (Å²) in [7, 11) is 0. The zero-order valence-electron chi connectivity index (χ0n) is 13.3. The minimum Gasteiger partial charge on any atom is -0.368 e. The Balaban J connectivity index is 1.82. The Labute approximate surface area is 149 Å². The third-order valence-corrected chi connectivity index (χ3v) is 4.61. The van der Waals surface area contributed by atoms with Gasteiger partial charge in [-0.15, -0.1) is 0 Å². The monoisotopic (exact) mass is 368 g/mol. The van der Waals surface area contributed by atoms with Gasteiger partial charge in [0.25, 0.3) is 5.56 Å².